The van der Waals surface area contributed by atoms with E-state index < -0.39 is 11.7 Å². The summed E-state index contributed by atoms with van der Waals surface area (Å²) in [6, 6.07) is 14.6. The molecule has 0 aliphatic rings. The number of hydrogen-bond donors (Lipinski definition) is 1. The monoisotopic (exact) mass is 467 g/mol. The Morgan fingerprint density at radius 3 is 2.65 bits per heavy atom. The predicted octanol–water partition coefficient (Wildman–Crippen LogP) is 2.52. The summed E-state index contributed by atoms with van der Waals surface area (Å²) in [5.41, 5.74) is 1.17. The zero-order valence-corrected chi connectivity index (χ0v) is 18.5. The third-order valence-corrected chi connectivity index (χ3v) is 4.76. The Bertz CT molecular complexity index is 1300. The molecule has 10 nitrogen and oxygen atoms in total. The summed E-state index contributed by atoms with van der Waals surface area (Å²) in [6.45, 7) is 0.0549. The van der Waals surface area contributed by atoms with Gasteiger partial charge in [-0.2, -0.15) is 4.52 Å². The number of methoxy groups -OCH3 is 2. The minimum absolute atomic E-state index is 0.0174. The molecule has 4 aromatic rings. The third-order valence-electron chi connectivity index (χ3n) is 4.76. The van der Waals surface area contributed by atoms with E-state index in [9.17, 15) is 9.18 Å². The van der Waals surface area contributed by atoms with Gasteiger partial charge in [-0.3, -0.25) is 4.79 Å². The Morgan fingerprint density at radius 1 is 1.00 bits per heavy atom. The van der Waals surface area contributed by atoms with Crippen molar-refractivity contribution < 1.29 is 28.1 Å². The molecule has 0 spiro atoms. The van der Waals surface area contributed by atoms with Crippen LogP contribution in [0.1, 0.15) is 0 Å². The van der Waals surface area contributed by atoms with Crippen molar-refractivity contribution in [1.82, 2.24) is 25.1 Å². The Kier molecular flexibility index (Phi) is 7.01. The molecule has 0 radical (unpaired) electrons. The quantitative estimate of drug-likeness (QED) is 0.355. The van der Waals surface area contributed by atoms with Crippen LogP contribution in [0.3, 0.4) is 0 Å². The van der Waals surface area contributed by atoms with E-state index in [1.165, 1.54) is 16.6 Å². The van der Waals surface area contributed by atoms with E-state index in [-0.39, 0.29) is 25.5 Å². The van der Waals surface area contributed by atoms with Crippen molar-refractivity contribution in [1.29, 1.82) is 0 Å². The lowest BCUT2D eigenvalue weighted by atomic mass is 10.2. The Hall–Kier alpha value is -4.41. The number of rotatable bonds is 10. The standard InChI is InChI=1S/C23H22FN5O5/c1-31-15-7-8-18(32-2)16(13-15)23-27-26-20-9-10-22(28-29(20)23)33-12-11-25-21(30)14-34-19-6-4-3-5-17(19)24/h3-10,13H,11-12,14H2,1-2H3,(H,25,30). The van der Waals surface area contributed by atoms with Gasteiger partial charge in [-0.15, -0.1) is 15.3 Å². The normalized spacial score (nSPS) is 10.7. The summed E-state index contributed by atoms with van der Waals surface area (Å²) in [7, 11) is 3.13. The molecule has 0 atom stereocenters. The molecule has 0 aliphatic carbocycles. The van der Waals surface area contributed by atoms with Gasteiger partial charge in [-0.05, 0) is 36.4 Å². The smallest absolute Gasteiger partial charge is 0.258 e. The van der Waals surface area contributed by atoms with E-state index in [1.54, 1.807) is 56.7 Å². The molecule has 176 valence electrons. The third kappa shape index (κ3) is 5.14. The average molecular weight is 467 g/mol. The second kappa shape index (κ2) is 10.5. The summed E-state index contributed by atoms with van der Waals surface area (Å²) in [4.78, 5) is 11.9. The molecule has 0 aliphatic heterocycles. The number of halogens is 1. The lowest BCUT2D eigenvalue weighted by molar-refractivity contribution is -0.123. The highest BCUT2D eigenvalue weighted by atomic mass is 19.1. The first kappa shape index (κ1) is 22.8. The van der Waals surface area contributed by atoms with Gasteiger partial charge in [0.05, 0.1) is 26.3 Å². The molecule has 0 fully saturated rings. The number of hydrogen-bond acceptors (Lipinski definition) is 8. The number of carbonyl (C=O) groups is 1. The maximum absolute atomic E-state index is 13.5. The van der Waals surface area contributed by atoms with Crippen LogP contribution in [0.4, 0.5) is 4.39 Å². The fourth-order valence-electron chi connectivity index (χ4n) is 3.11. The summed E-state index contributed by atoms with van der Waals surface area (Å²) in [6.07, 6.45) is 0. The molecule has 2 aromatic carbocycles. The van der Waals surface area contributed by atoms with E-state index in [1.807, 2.05) is 0 Å². The number of nitrogens with one attached hydrogen (secondary N) is 1. The highest BCUT2D eigenvalue weighted by Crippen LogP contribution is 2.32. The van der Waals surface area contributed by atoms with Crippen molar-refractivity contribution in [3.05, 3.63) is 60.4 Å². The van der Waals surface area contributed by atoms with Crippen molar-refractivity contribution in [2.24, 2.45) is 0 Å². The van der Waals surface area contributed by atoms with Crippen LogP contribution in [-0.2, 0) is 4.79 Å². The summed E-state index contributed by atoms with van der Waals surface area (Å²) >= 11 is 0. The molecule has 34 heavy (non-hydrogen) atoms. The number of fused-ring (bicyclic) bond motifs is 1. The first-order valence-corrected chi connectivity index (χ1v) is 10.3. The van der Waals surface area contributed by atoms with E-state index >= 15 is 0 Å². The fourth-order valence-corrected chi connectivity index (χ4v) is 3.11. The van der Waals surface area contributed by atoms with Gasteiger partial charge in [0, 0.05) is 6.07 Å². The molecule has 1 N–H and O–H groups in total. The summed E-state index contributed by atoms with van der Waals surface area (Å²) < 4.78 is 36.6. The van der Waals surface area contributed by atoms with Gasteiger partial charge < -0.3 is 24.3 Å². The van der Waals surface area contributed by atoms with E-state index in [4.69, 9.17) is 18.9 Å². The molecular formula is C23H22FN5O5. The van der Waals surface area contributed by atoms with Crippen LogP contribution in [0.2, 0.25) is 0 Å². The van der Waals surface area contributed by atoms with E-state index in [0.29, 0.717) is 34.4 Å². The van der Waals surface area contributed by atoms with Crippen molar-refractivity contribution in [3.63, 3.8) is 0 Å². The summed E-state index contributed by atoms with van der Waals surface area (Å²) in [5.74, 6) is 1.07. The SMILES string of the molecule is COc1ccc(OC)c(-c2nnc3ccc(OCCNC(=O)COc4ccccc4F)nn23)c1. The van der Waals surface area contributed by atoms with Crippen LogP contribution in [0.25, 0.3) is 17.0 Å². The van der Waals surface area contributed by atoms with Gasteiger partial charge in [0.1, 0.15) is 18.1 Å². The Balaban J connectivity index is 1.37. The first-order valence-electron chi connectivity index (χ1n) is 10.3. The number of aromatic nitrogens is 4. The largest absolute Gasteiger partial charge is 0.497 e. The topological polar surface area (TPSA) is 109 Å². The molecule has 11 heteroatoms. The maximum Gasteiger partial charge on any atom is 0.258 e. The second-order valence-corrected chi connectivity index (χ2v) is 6.95. The molecule has 0 saturated carbocycles. The van der Waals surface area contributed by atoms with Crippen LogP contribution < -0.4 is 24.3 Å². The number of ether oxygens (including phenoxy) is 4. The number of nitrogens with zero attached hydrogens (tertiary/aromatic N) is 4. The fraction of sp³-hybridized carbons (Fsp3) is 0.217. The highest BCUT2D eigenvalue weighted by Gasteiger charge is 2.16. The van der Waals surface area contributed by atoms with Crippen molar-refractivity contribution in [2.75, 3.05) is 34.0 Å². The predicted molar refractivity (Wildman–Crippen MR) is 120 cm³/mol. The number of benzene rings is 2. The van der Waals surface area contributed by atoms with Gasteiger partial charge in [0.25, 0.3) is 5.91 Å². The lowest BCUT2D eigenvalue weighted by Crippen LogP contribution is -2.32. The zero-order valence-electron chi connectivity index (χ0n) is 18.5. The zero-order chi connectivity index (χ0) is 23.9. The van der Waals surface area contributed by atoms with Gasteiger partial charge in [-0.1, -0.05) is 12.1 Å². The second-order valence-electron chi connectivity index (χ2n) is 6.95. The average Bonchev–Trinajstić information content (AvgIpc) is 3.29. The van der Waals surface area contributed by atoms with Crippen LogP contribution in [0.15, 0.2) is 54.6 Å². The van der Waals surface area contributed by atoms with Gasteiger partial charge >= 0.3 is 0 Å². The minimum atomic E-state index is -0.528. The Labute approximate surface area is 194 Å². The molecule has 4 rings (SSSR count). The molecule has 0 unspecified atom stereocenters. The first-order chi connectivity index (χ1) is 16.6. The minimum Gasteiger partial charge on any atom is -0.497 e. The molecule has 2 aromatic heterocycles. The van der Waals surface area contributed by atoms with Gasteiger partial charge in [-0.25, -0.2) is 4.39 Å². The molecule has 0 saturated heterocycles. The molecular weight excluding hydrogens is 445 g/mol. The van der Waals surface area contributed by atoms with Crippen molar-refractivity contribution in [2.45, 2.75) is 0 Å². The van der Waals surface area contributed by atoms with Crippen molar-refractivity contribution in [3.8, 4) is 34.5 Å². The van der Waals surface area contributed by atoms with Gasteiger partial charge in [0.2, 0.25) is 5.88 Å². The lowest BCUT2D eigenvalue weighted by Gasteiger charge is -2.10. The molecule has 0 bridgehead atoms. The van der Waals surface area contributed by atoms with E-state index in [0.717, 1.165) is 0 Å². The van der Waals surface area contributed by atoms with Crippen LogP contribution in [0.5, 0.6) is 23.1 Å². The highest BCUT2D eigenvalue weighted by molar-refractivity contribution is 5.77. The maximum atomic E-state index is 13.5. The Morgan fingerprint density at radius 2 is 1.85 bits per heavy atom. The number of amides is 1. The molecule has 2 heterocycles. The van der Waals surface area contributed by atoms with Crippen molar-refractivity contribution >= 4 is 11.6 Å². The van der Waals surface area contributed by atoms with Gasteiger partial charge in [0.15, 0.2) is 29.6 Å². The van der Waals surface area contributed by atoms with Crippen LogP contribution >= 0.6 is 0 Å². The number of para-hydroxylation sites is 1. The number of carbonyl (C=O) groups excluding carboxylic acids is 1. The van der Waals surface area contributed by atoms with Crippen LogP contribution in [0, 0.1) is 5.82 Å². The molecule has 1 amide bonds. The van der Waals surface area contributed by atoms with Crippen LogP contribution in [-0.4, -0.2) is 59.7 Å². The summed E-state index contributed by atoms with van der Waals surface area (Å²) in [5, 5.41) is 15.4. The van der Waals surface area contributed by atoms with E-state index in [2.05, 4.69) is 20.6 Å².